The van der Waals surface area contributed by atoms with Gasteiger partial charge in [-0.3, -0.25) is 0 Å². The number of carbonyl (C=O) groups is 2. The van der Waals surface area contributed by atoms with Crippen LogP contribution in [0.25, 0.3) is 5.57 Å². The maximum absolute atomic E-state index is 10.8. The molecule has 15 heavy (non-hydrogen) atoms. The van der Waals surface area contributed by atoms with Crippen molar-refractivity contribution in [1.29, 1.82) is 0 Å². The Bertz CT molecular complexity index is 411. The zero-order chi connectivity index (χ0) is 11.3. The molecular weight excluding hydrogens is 200 g/mol. The minimum Gasteiger partial charge on any atom is -0.478 e. The van der Waals surface area contributed by atoms with E-state index in [9.17, 15) is 9.59 Å². The molecule has 0 unspecified atom stereocenters. The number of carboxylic acids is 2. The Morgan fingerprint density at radius 3 is 2.53 bits per heavy atom. The summed E-state index contributed by atoms with van der Waals surface area (Å²) in [4.78, 5) is 20.9. The van der Waals surface area contributed by atoms with Gasteiger partial charge in [0.25, 0.3) is 0 Å². The molecule has 0 aliphatic carbocycles. The number of allylic oxidation sites excluding steroid dienone is 2. The highest BCUT2D eigenvalue weighted by atomic mass is 16.4. The average Bonchev–Trinajstić information content (AvgIpc) is 2.63. The molecule has 1 heterocycles. The van der Waals surface area contributed by atoms with Gasteiger partial charge in [-0.2, -0.15) is 0 Å². The fourth-order valence-corrected chi connectivity index (χ4v) is 0.917. The van der Waals surface area contributed by atoms with Crippen LogP contribution in [0, 0.1) is 0 Å². The Kier molecular flexibility index (Phi) is 3.45. The summed E-state index contributed by atoms with van der Waals surface area (Å²) in [5, 5.41) is 17.1. The van der Waals surface area contributed by atoms with Gasteiger partial charge in [-0.15, -0.1) is 0 Å². The van der Waals surface area contributed by atoms with Crippen LogP contribution in [-0.2, 0) is 9.59 Å². The van der Waals surface area contributed by atoms with Gasteiger partial charge < -0.3 is 14.6 Å². The molecule has 0 bridgehead atoms. The van der Waals surface area contributed by atoms with Gasteiger partial charge >= 0.3 is 11.9 Å². The van der Waals surface area contributed by atoms with Crippen LogP contribution in [0.4, 0.5) is 0 Å². The molecule has 0 atom stereocenters. The van der Waals surface area contributed by atoms with E-state index in [1.807, 2.05) is 0 Å². The van der Waals surface area contributed by atoms with Gasteiger partial charge in [0.15, 0.2) is 0 Å². The first-order chi connectivity index (χ1) is 7.11. The number of hydrogen-bond acceptors (Lipinski definition) is 3. The van der Waals surface area contributed by atoms with Crippen molar-refractivity contribution in [3.8, 4) is 0 Å². The fraction of sp³-hybridized carbons (Fsp3) is 0. The SMILES string of the molecule is O=C(O)/C=C/C=C(\C(=O)O)c1ccco1. The van der Waals surface area contributed by atoms with Crippen molar-refractivity contribution in [2.45, 2.75) is 0 Å². The van der Waals surface area contributed by atoms with E-state index in [1.54, 1.807) is 6.07 Å². The zero-order valence-electron chi connectivity index (χ0n) is 7.58. The van der Waals surface area contributed by atoms with Crippen molar-refractivity contribution in [3.05, 3.63) is 42.4 Å². The molecule has 0 aliphatic heterocycles. The Labute approximate surface area is 84.9 Å². The van der Waals surface area contributed by atoms with Gasteiger partial charge in [0.05, 0.1) is 6.26 Å². The first-order valence-electron chi connectivity index (χ1n) is 3.99. The summed E-state index contributed by atoms with van der Waals surface area (Å²) < 4.78 is 4.88. The standard InChI is InChI=1S/C10H8O5/c11-9(12)5-1-3-7(10(13)14)8-4-2-6-15-8/h1-6H,(H,11,12)(H,13,14)/b5-1+,7-3-. The average molecular weight is 208 g/mol. The monoisotopic (exact) mass is 208 g/mol. The minimum absolute atomic E-state index is 0.0995. The van der Waals surface area contributed by atoms with E-state index >= 15 is 0 Å². The summed E-state index contributed by atoms with van der Waals surface area (Å²) >= 11 is 0. The van der Waals surface area contributed by atoms with Crippen molar-refractivity contribution in [1.82, 2.24) is 0 Å². The van der Waals surface area contributed by atoms with Gasteiger partial charge in [0.1, 0.15) is 11.3 Å². The lowest BCUT2D eigenvalue weighted by Crippen LogP contribution is -1.98. The van der Waals surface area contributed by atoms with Crippen LogP contribution in [0.1, 0.15) is 5.76 Å². The third-order valence-electron chi connectivity index (χ3n) is 1.52. The van der Waals surface area contributed by atoms with E-state index < -0.39 is 11.9 Å². The van der Waals surface area contributed by atoms with E-state index in [2.05, 4.69) is 0 Å². The molecular formula is C10H8O5. The highest BCUT2D eigenvalue weighted by Gasteiger charge is 2.11. The Hall–Kier alpha value is -2.30. The molecule has 0 aliphatic rings. The molecule has 0 saturated carbocycles. The number of hydrogen-bond donors (Lipinski definition) is 2. The summed E-state index contributed by atoms with van der Waals surface area (Å²) in [7, 11) is 0. The van der Waals surface area contributed by atoms with Gasteiger partial charge in [-0.1, -0.05) is 6.08 Å². The summed E-state index contributed by atoms with van der Waals surface area (Å²) in [5.41, 5.74) is -0.0995. The number of furan rings is 1. The molecule has 2 N–H and O–H groups in total. The van der Waals surface area contributed by atoms with Crippen molar-refractivity contribution in [2.24, 2.45) is 0 Å². The van der Waals surface area contributed by atoms with Gasteiger partial charge in [-0.05, 0) is 18.2 Å². The molecule has 0 amide bonds. The lowest BCUT2D eigenvalue weighted by molar-refractivity contribution is -0.132. The van der Waals surface area contributed by atoms with Crippen LogP contribution in [0.5, 0.6) is 0 Å². The second-order valence-corrected chi connectivity index (χ2v) is 2.56. The van der Waals surface area contributed by atoms with Crippen LogP contribution in [0.2, 0.25) is 0 Å². The highest BCUT2D eigenvalue weighted by Crippen LogP contribution is 2.14. The molecule has 0 radical (unpaired) electrons. The van der Waals surface area contributed by atoms with Crippen LogP contribution in [0.15, 0.2) is 41.0 Å². The predicted octanol–water partition coefficient (Wildman–Crippen LogP) is 1.39. The summed E-state index contributed by atoms with van der Waals surface area (Å²) in [6.07, 6.45) is 4.47. The quantitative estimate of drug-likeness (QED) is 0.576. The molecule has 0 fully saturated rings. The van der Waals surface area contributed by atoms with Crippen LogP contribution in [-0.4, -0.2) is 22.2 Å². The molecule has 0 aromatic carbocycles. The molecule has 5 nitrogen and oxygen atoms in total. The summed E-state index contributed by atoms with van der Waals surface area (Å²) in [6, 6.07) is 3.03. The lowest BCUT2D eigenvalue weighted by atomic mass is 10.2. The largest absolute Gasteiger partial charge is 0.478 e. The number of aliphatic carboxylic acids is 2. The molecule has 78 valence electrons. The van der Waals surface area contributed by atoms with Crippen molar-refractivity contribution in [2.75, 3.05) is 0 Å². The molecule has 1 aromatic rings. The second kappa shape index (κ2) is 4.80. The maximum atomic E-state index is 10.8. The van der Waals surface area contributed by atoms with Crippen molar-refractivity contribution >= 4 is 17.5 Å². The van der Waals surface area contributed by atoms with Crippen molar-refractivity contribution in [3.63, 3.8) is 0 Å². The van der Waals surface area contributed by atoms with Gasteiger partial charge in [0.2, 0.25) is 0 Å². The highest BCUT2D eigenvalue weighted by molar-refractivity contribution is 6.14. The maximum Gasteiger partial charge on any atom is 0.339 e. The molecule has 1 rings (SSSR count). The normalized spacial score (nSPS) is 11.9. The second-order valence-electron chi connectivity index (χ2n) is 2.56. The fourth-order valence-electron chi connectivity index (χ4n) is 0.917. The van der Waals surface area contributed by atoms with E-state index in [0.717, 1.165) is 18.2 Å². The van der Waals surface area contributed by atoms with E-state index in [0.29, 0.717) is 0 Å². The van der Waals surface area contributed by atoms with E-state index in [4.69, 9.17) is 14.6 Å². The minimum atomic E-state index is -1.18. The smallest absolute Gasteiger partial charge is 0.339 e. The van der Waals surface area contributed by atoms with Crippen molar-refractivity contribution < 1.29 is 24.2 Å². The Morgan fingerprint density at radius 1 is 1.33 bits per heavy atom. The van der Waals surface area contributed by atoms with Gasteiger partial charge in [-0.25, -0.2) is 9.59 Å². The van der Waals surface area contributed by atoms with Crippen LogP contribution in [0.3, 0.4) is 0 Å². The Morgan fingerprint density at radius 2 is 2.07 bits per heavy atom. The Balaban J connectivity index is 2.94. The number of rotatable bonds is 4. The van der Waals surface area contributed by atoms with E-state index in [1.165, 1.54) is 12.3 Å². The summed E-state index contributed by atoms with van der Waals surface area (Å²) in [5.74, 6) is -2.15. The first-order valence-corrected chi connectivity index (χ1v) is 3.99. The predicted molar refractivity (Wildman–Crippen MR) is 51.1 cm³/mol. The molecule has 0 spiro atoms. The molecule has 0 saturated heterocycles. The lowest BCUT2D eigenvalue weighted by Gasteiger charge is -1.94. The number of carboxylic acid groups (broad SMARTS) is 2. The van der Waals surface area contributed by atoms with Gasteiger partial charge in [0, 0.05) is 6.08 Å². The third kappa shape index (κ3) is 3.15. The molecule has 1 aromatic heterocycles. The van der Waals surface area contributed by atoms with Crippen LogP contribution < -0.4 is 0 Å². The van der Waals surface area contributed by atoms with E-state index in [-0.39, 0.29) is 11.3 Å². The molecule has 5 heteroatoms. The third-order valence-corrected chi connectivity index (χ3v) is 1.52. The van der Waals surface area contributed by atoms with Crippen LogP contribution >= 0.6 is 0 Å². The first kappa shape index (κ1) is 10.8. The zero-order valence-corrected chi connectivity index (χ0v) is 7.58. The summed E-state index contributed by atoms with van der Waals surface area (Å²) in [6.45, 7) is 0. The topological polar surface area (TPSA) is 87.7 Å².